The van der Waals surface area contributed by atoms with E-state index in [2.05, 4.69) is 10.1 Å². The number of oxime groups is 1. The maximum absolute atomic E-state index is 8.64. The largest absolute Gasteiger partial charge is 0.411 e. The van der Waals surface area contributed by atoms with E-state index in [9.17, 15) is 0 Å². The van der Waals surface area contributed by atoms with Crippen LogP contribution in [0.15, 0.2) is 5.16 Å². The number of aromatic nitrogens is 1. The predicted molar refractivity (Wildman–Crippen MR) is 44.4 cm³/mol. The minimum absolute atomic E-state index is 0.516. The monoisotopic (exact) mass is 163 g/mol. The van der Waals surface area contributed by atoms with Crippen molar-refractivity contribution >= 4 is 6.21 Å². The number of rotatable bonds is 1. The fourth-order valence-electron chi connectivity index (χ4n) is 1.01. The lowest BCUT2D eigenvalue weighted by Gasteiger charge is -1.88. The minimum Gasteiger partial charge on any atom is -0.411 e. The van der Waals surface area contributed by atoms with Gasteiger partial charge in [-0.05, 0) is 25.0 Å². The fraction of sp³-hybridized carbons (Fsp3) is 0.250. The number of nitrogens with one attached hydrogen (secondary N) is 1. The second kappa shape index (κ2) is 3.09. The van der Waals surface area contributed by atoms with Gasteiger partial charge in [0.2, 0.25) is 0 Å². The molecule has 62 valence electrons. The van der Waals surface area contributed by atoms with E-state index in [1.54, 1.807) is 0 Å². The Bertz CT molecular complexity index is 357. The van der Waals surface area contributed by atoms with Crippen LogP contribution in [0.2, 0.25) is 0 Å². The Kier molecular flexibility index (Phi) is 2.15. The molecule has 0 saturated heterocycles. The molecular weight excluding hydrogens is 154 g/mol. The van der Waals surface area contributed by atoms with E-state index in [4.69, 9.17) is 10.5 Å². The highest BCUT2D eigenvalue weighted by atomic mass is 16.4. The molecule has 0 unspecified atom stereocenters. The summed E-state index contributed by atoms with van der Waals surface area (Å²) in [7, 11) is 0. The van der Waals surface area contributed by atoms with E-state index in [0.717, 1.165) is 11.1 Å². The normalized spacial score (nSPS) is 10.4. The van der Waals surface area contributed by atoms with Gasteiger partial charge in [0.25, 0.3) is 0 Å². The highest BCUT2D eigenvalue weighted by Gasteiger charge is 2.07. The molecule has 0 aliphatic rings. The van der Waals surface area contributed by atoms with Gasteiger partial charge in [0.15, 0.2) is 0 Å². The van der Waals surface area contributed by atoms with Crippen LogP contribution in [0, 0.1) is 25.2 Å². The number of nitrogens with zero attached hydrogens (tertiary/aromatic N) is 2. The van der Waals surface area contributed by atoms with Crippen molar-refractivity contribution in [2.75, 3.05) is 0 Å². The Labute approximate surface area is 70.1 Å². The van der Waals surface area contributed by atoms with Crippen molar-refractivity contribution in [3.63, 3.8) is 0 Å². The molecule has 0 spiro atoms. The Morgan fingerprint density at radius 2 is 2.17 bits per heavy atom. The van der Waals surface area contributed by atoms with E-state index in [1.807, 2.05) is 19.9 Å². The van der Waals surface area contributed by atoms with Gasteiger partial charge in [-0.1, -0.05) is 5.16 Å². The number of aromatic amines is 1. The molecule has 1 aromatic heterocycles. The van der Waals surface area contributed by atoms with Crippen LogP contribution in [0.5, 0.6) is 0 Å². The third-order valence-electron chi connectivity index (χ3n) is 1.90. The third kappa shape index (κ3) is 1.17. The molecule has 1 rings (SSSR count). The van der Waals surface area contributed by atoms with E-state index < -0.39 is 0 Å². The maximum Gasteiger partial charge on any atom is 0.121 e. The first-order chi connectivity index (χ1) is 5.70. The second-order valence-electron chi connectivity index (χ2n) is 2.52. The van der Waals surface area contributed by atoms with E-state index in [0.29, 0.717) is 11.4 Å². The molecule has 0 bridgehead atoms. The zero-order valence-electron chi connectivity index (χ0n) is 6.92. The quantitative estimate of drug-likeness (QED) is 0.372. The number of nitriles is 1. The summed E-state index contributed by atoms with van der Waals surface area (Å²) in [6.45, 7) is 3.71. The first-order valence-electron chi connectivity index (χ1n) is 3.47. The van der Waals surface area contributed by atoms with Gasteiger partial charge in [0.1, 0.15) is 11.8 Å². The van der Waals surface area contributed by atoms with Crippen LogP contribution in [-0.4, -0.2) is 16.4 Å². The van der Waals surface area contributed by atoms with Crippen molar-refractivity contribution < 1.29 is 5.21 Å². The average molecular weight is 163 g/mol. The number of H-pyrrole nitrogens is 1. The molecule has 1 heterocycles. The van der Waals surface area contributed by atoms with Crippen LogP contribution in [0.4, 0.5) is 0 Å². The number of hydrogen-bond donors (Lipinski definition) is 2. The molecule has 2 N–H and O–H groups in total. The lowest BCUT2D eigenvalue weighted by atomic mass is 10.1. The predicted octanol–water partition coefficient (Wildman–Crippen LogP) is 1.31. The van der Waals surface area contributed by atoms with Crippen LogP contribution < -0.4 is 0 Å². The molecule has 4 nitrogen and oxygen atoms in total. The van der Waals surface area contributed by atoms with Crippen molar-refractivity contribution in [3.8, 4) is 6.07 Å². The van der Waals surface area contributed by atoms with E-state index in [1.165, 1.54) is 6.21 Å². The third-order valence-corrected chi connectivity index (χ3v) is 1.90. The molecule has 0 radical (unpaired) electrons. The summed E-state index contributed by atoms with van der Waals surface area (Å²) >= 11 is 0. The molecule has 0 aliphatic carbocycles. The van der Waals surface area contributed by atoms with Gasteiger partial charge in [-0.15, -0.1) is 0 Å². The maximum atomic E-state index is 8.64. The van der Waals surface area contributed by atoms with Gasteiger partial charge in [0, 0.05) is 0 Å². The van der Waals surface area contributed by atoms with Crippen molar-refractivity contribution in [1.29, 1.82) is 5.26 Å². The number of hydrogen-bond acceptors (Lipinski definition) is 3. The van der Waals surface area contributed by atoms with Crippen LogP contribution in [0.25, 0.3) is 0 Å². The molecule has 12 heavy (non-hydrogen) atoms. The zero-order chi connectivity index (χ0) is 9.14. The second-order valence-corrected chi connectivity index (χ2v) is 2.52. The fourth-order valence-corrected chi connectivity index (χ4v) is 1.01. The Morgan fingerprint density at radius 1 is 1.50 bits per heavy atom. The van der Waals surface area contributed by atoms with Crippen LogP contribution in [0.1, 0.15) is 22.5 Å². The summed E-state index contributed by atoms with van der Waals surface area (Å²) < 4.78 is 0. The summed E-state index contributed by atoms with van der Waals surface area (Å²) in [6, 6.07) is 2.02. The highest BCUT2D eigenvalue weighted by Crippen LogP contribution is 2.14. The molecule has 0 saturated carbocycles. The molecule has 0 aliphatic heterocycles. The van der Waals surface area contributed by atoms with Gasteiger partial charge in [-0.2, -0.15) is 5.26 Å². The smallest absolute Gasteiger partial charge is 0.121 e. The molecule has 0 fully saturated rings. The lowest BCUT2D eigenvalue weighted by Crippen LogP contribution is -1.83. The minimum atomic E-state index is 0.516. The first kappa shape index (κ1) is 8.34. The molecule has 0 atom stereocenters. The summed E-state index contributed by atoms with van der Waals surface area (Å²) in [5.74, 6) is 0. The summed E-state index contributed by atoms with van der Waals surface area (Å²) in [6.07, 6.45) is 1.28. The van der Waals surface area contributed by atoms with E-state index >= 15 is 0 Å². The highest BCUT2D eigenvalue weighted by molar-refractivity contribution is 5.80. The van der Waals surface area contributed by atoms with Crippen molar-refractivity contribution in [2.45, 2.75) is 13.8 Å². The van der Waals surface area contributed by atoms with Gasteiger partial charge in [-0.3, -0.25) is 0 Å². The summed E-state index contributed by atoms with van der Waals surface area (Å²) in [4.78, 5) is 2.83. The van der Waals surface area contributed by atoms with Gasteiger partial charge in [0.05, 0.1) is 11.9 Å². The molecule has 4 heteroatoms. The average Bonchev–Trinajstić information content (AvgIpc) is 2.33. The van der Waals surface area contributed by atoms with Gasteiger partial charge < -0.3 is 10.2 Å². The SMILES string of the molecule is Cc1c(C#N)[nH]c(/C=N/O)c1C. The standard InChI is InChI=1S/C8H9N3O/c1-5-6(2)8(4-10-12)11-7(5)3-9/h4,11-12H,1-2H3/b10-4+. The van der Waals surface area contributed by atoms with Gasteiger partial charge >= 0.3 is 0 Å². The summed E-state index contributed by atoms with van der Waals surface area (Å²) in [5, 5.41) is 19.8. The molecular formula is C8H9N3O. The van der Waals surface area contributed by atoms with Crippen molar-refractivity contribution in [2.24, 2.45) is 5.16 Å². The van der Waals surface area contributed by atoms with Crippen LogP contribution in [-0.2, 0) is 0 Å². The summed E-state index contributed by atoms with van der Waals surface area (Å²) in [5.41, 5.74) is 3.02. The topological polar surface area (TPSA) is 72.2 Å². The Hall–Kier alpha value is -1.76. The van der Waals surface area contributed by atoms with Crippen LogP contribution in [0.3, 0.4) is 0 Å². The van der Waals surface area contributed by atoms with Crippen molar-refractivity contribution in [3.05, 3.63) is 22.5 Å². The zero-order valence-corrected chi connectivity index (χ0v) is 6.92. The Morgan fingerprint density at radius 3 is 2.58 bits per heavy atom. The first-order valence-corrected chi connectivity index (χ1v) is 3.47. The lowest BCUT2D eigenvalue weighted by molar-refractivity contribution is 0.321. The Balaban J connectivity index is 3.27. The van der Waals surface area contributed by atoms with Gasteiger partial charge in [-0.25, -0.2) is 0 Å². The van der Waals surface area contributed by atoms with Crippen molar-refractivity contribution in [1.82, 2.24) is 4.98 Å². The van der Waals surface area contributed by atoms with Crippen LogP contribution >= 0.6 is 0 Å². The molecule has 0 aromatic carbocycles. The van der Waals surface area contributed by atoms with E-state index in [-0.39, 0.29) is 0 Å². The molecule has 0 amide bonds. The molecule has 1 aromatic rings.